The third-order valence-electron chi connectivity index (χ3n) is 2.65. The Bertz CT molecular complexity index is 553. The predicted molar refractivity (Wildman–Crippen MR) is 72.8 cm³/mol. The molecule has 1 heterocycles. The molecule has 7 heteroatoms. The van der Waals surface area contributed by atoms with E-state index in [2.05, 4.69) is 10.5 Å². The fourth-order valence-corrected chi connectivity index (χ4v) is 2.18. The Morgan fingerprint density at radius 2 is 2.00 bits per heavy atom. The minimum Gasteiger partial charge on any atom is -0.359 e. The van der Waals surface area contributed by atoms with Crippen LogP contribution in [-0.2, 0) is 14.6 Å². The lowest BCUT2D eigenvalue weighted by atomic mass is 10.1. The summed E-state index contributed by atoms with van der Waals surface area (Å²) < 4.78 is 27.9. The highest BCUT2D eigenvalue weighted by atomic mass is 32.2. The van der Waals surface area contributed by atoms with E-state index in [4.69, 9.17) is 4.52 Å². The maximum absolute atomic E-state index is 11.9. The summed E-state index contributed by atoms with van der Waals surface area (Å²) in [6.45, 7) is 8.47. The molecule has 0 atom stereocenters. The molecule has 0 aliphatic rings. The first-order valence-corrected chi connectivity index (χ1v) is 7.66. The van der Waals surface area contributed by atoms with Crippen LogP contribution >= 0.6 is 0 Å². The second-order valence-corrected chi connectivity index (χ2v) is 8.42. The lowest BCUT2D eigenvalue weighted by molar-refractivity contribution is -0.113. The highest BCUT2D eigenvalue weighted by Gasteiger charge is 2.31. The van der Waals surface area contributed by atoms with Crippen molar-refractivity contribution in [1.82, 2.24) is 5.16 Å². The highest BCUT2D eigenvalue weighted by molar-refractivity contribution is 7.93. The zero-order chi connectivity index (χ0) is 14.8. The number of hydrogen-bond donors (Lipinski definition) is 1. The zero-order valence-electron chi connectivity index (χ0n) is 11.9. The largest absolute Gasteiger partial charge is 0.359 e. The molecule has 0 aliphatic heterocycles. The lowest BCUT2D eigenvalue weighted by Crippen LogP contribution is -2.35. The Balaban J connectivity index is 2.80. The summed E-state index contributed by atoms with van der Waals surface area (Å²) >= 11 is 0. The first-order valence-electron chi connectivity index (χ1n) is 6.01. The van der Waals surface area contributed by atoms with E-state index in [0.717, 1.165) is 0 Å². The Kier molecular flexibility index (Phi) is 4.39. The summed E-state index contributed by atoms with van der Waals surface area (Å²) in [5.41, 5.74) is 0.420. The smallest absolute Gasteiger partial charge is 0.239 e. The molecule has 108 valence electrons. The SMILES string of the molecule is CC(C)c1oncc1NC(=O)CS(=O)(=O)C(C)(C)C. The number of nitrogens with one attached hydrogen (secondary N) is 1. The molecule has 0 saturated heterocycles. The van der Waals surface area contributed by atoms with Crippen LogP contribution in [0.15, 0.2) is 10.7 Å². The summed E-state index contributed by atoms with van der Waals surface area (Å²) in [5.74, 6) is -0.558. The molecular formula is C12H20N2O4S. The molecule has 0 saturated carbocycles. The van der Waals surface area contributed by atoms with Gasteiger partial charge in [-0.1, -0.05) is 19.0 Å². The first kappa shape index (κ1) is 15.7. The fourth-order valence-electron chi connectivity index (χ4n) is 1.33. The molecule has 0 unspecified atom stereocenters. The Morgan fingerprint density at radius 1 is 1.42 bits per heavy atom. The van der Waals surface area contributed by atoms with Crippen LogP contribution in [0.1, 0.15) is 46.3 Å². The van der Waals surface area contributed by atoms with Crippen molar-refractivity contribution in [3.05, 3.63) is 12.0 Å². The van der Waals surface area contributed by atoms with Crippen molar-refractivity contribution < 1.29 is 17.7 Å². The number of anilines is 1. The van der Waals surface area contributed by atoms with E-state index in [1.54, 1.807) is 20.8 Å². The molecule has 1 rings (SSSR count). The van der Waals surface area contributed by atoms with E-state index in [-0.39, 0.29) is 5.92 Å². The van der Waals surface area contributed by atoms with Gasteiger partial charge in [-0.3, -0.25) is 4.79 Å². The fraction of sp³-hybridized carbons (Fsp3) is 0.667. The number of aromatic nitrogens is 1. The van der Waals surface area contributed by atoms with Crippen molar-refractivity contribution in [3.8, 4) is 0 Å². The van der Waals surface area contributed by atoms with Crippen molar-refractivity contribution in [2.45, 2.75) is 45.3 Å². The second-order valence-electron chi connectivity index (χ2n) is 5.68. The quantitative estimate of drug-likeness (QED) is 0.914. The van der Waals surface area contributed by atoms with E-state index < -0.39 is 26.2 Å². The molecule has 19 heavy (non-hydrogen) atoms. The summed E-state index contributed by atoms with van der Waals surface area (Å²) in [6.07, 6.45) is 1.37. The molecule has 1 amide bonds. The van der Waals surface area contributed by atoms with Gasteiger partial charge in [-0.2, -0.15) is 0 Å². The predicted octanol–water partition coefficient (Wildman–Crippen LogP) is 1.95. The molecule has 0 radical (unpaired) electrons. The molecule has 6 nitrogen and oxygen atoms in total. The van der Waals surface area contributed by atoms with E-state index >= 15 is 0 Å². The van der Waals surface area contributed by atoms with E-state index in [9.17, 15) is 13.2 Å². The lowest BCUT2D eigenvalue weighted by Gasteiger charge is -2.18. The third kappa shape index (κ3) is 3.79. The van der Waals surface area contributed by atoms with Gasteiger partial charge in [-0.25, -0.2) is 8.42 Å². The molecule has 1 aromatic heterocycles. The van der Waals surface area contributed by atoms with Gasteiger partial charge in [0.15, 0.2) is 15.6 Å². The van der Waals surface area contributed by atoms with Crippen molar-refractivity contribution in [3.63, 3.8) is 0 Å². The molecule has 0 aromatic carbocycles. The summed E-state index contributed by atoms with van der Waals surface area (Å²) in [4.78, 5) is 11.8. The normalized spacial score (nSPS) is 12.7. The summed E-state index contributed by atoms with van der Waals surface area (Å²) in [6, 6.07) is 0. The maximum atomic E-state index is 11.9. The number of carbonyl (C=O) groups excluding carboxylic acids is 1. The average Bonchev–Trinajstić information content (AvgIpc) is 2.62. The molecule has 1 N–H and O–H groups in total. The molecule has 1 aromatic rings. The minimum absolute atomic E-state index is 0.0528. The van der Waals surface area contributed by atoms with Crippen molar-refractivity contribution in [2.75, 3.05) is 11.1 Å². The molecule has 0 aliphatic carbocycles. The topological polar surface area (TPSA) is 89.3 Å². The van der Waals surface area contributed by atoms with Crippen LogP contribution in [0, 0.1) is 0 Å². The number of rotatable bonds is 4. The van der Waals surface area contributed by atoms with Gasteiger partial charge in [0.25, 0.3) is 0 Å². The molecule has 0 fully saturated rings. The molecular weight excluding hydrogens is 268 g/mol. The molecule has 0 spiro atoms. The van der Waals surface area contributed by atoms with Gasteiger partial charge in [0.05, 0.1) is 10.9 Å². The highest BCUT2D eigenvalue weighted by Crippen LogP contribution is 2.24. The van der Waals surface area contributed by atoms with E-state index in [0.29, 0.717) is 11.4 Å². The minimum atomic E-state index is -3.50. The van der Waals surface area contributed by atoms with E-state index in [1.165, 1.54) is 6.20 Å². The van der Waals surface area contributed by atoms with Crippen LogP contribution in [0.25, 0.3) is 0 Å². The van der Waals surface area contributed by atoms with Gasteiger partial charge in [0, 0.05) is 5.92 Å². The van der Waals surface area contributed by atoms with Crippen LogP contribution < -0.4 is 5.32 Å². The van der Waals surface area contributed by atoms with Crippen molar-refractivity contribution >= 4 is 21.4 Å². The van der Waals surface area contributed by atoms with Crippen LogP contribution in [0.4, 0.5) is 5.69 Å². The van der Waals surface area contributed by atoms with Gasteiger partial charge in [0.2, 0.25) is 5.91 Å². The summed E-state index contributed by atoms with van der Waals surface area (Å²) in [7, 11) is -3.50. The number of carbonyl (C=O) groups is 1. The Labute approximate surface area is 113 Å². The van der Waals surface area contributed by atoms with Crippen molar-refractivity contribution in [2.24, 2.45) is 0 Å². The van der Waals surface area contributed by atoms with Crippen LogP contribution in [-0.4, -0.2) is 30.0 Å². The first-order chi connectivity index (χ1) is 8.54. The standard InChI is InChI=1S/C12H20N2O4S/c1-8(2)11-9(6-13-18-11)14-10(15)7-19(16,17)12(3,4)5/h6,8H,7H2,1-5H3,(H,14,15). The second kappa shape index (κ2) is 5.32. The number of amides is 1. The number of sulfone groups is 1. The monoisotopic (exact) mass is 288 g/mol. The van der Waals surface area contributed by atoms with Gasteiger partial charge < -0.3 is 9.84 Å². The Hall–Kier alpha value is -1.37. The van der Waals surface area contributed by atoms with Crippen LogP contribution in [0.5, 0.6) is 0 Å². The van der Waals surface area contributed by atoms with Crippen LogP contribution in [0.2, 0.25) is 0 Å². The molecule has 0 bridgehead atoms. The Morgan fingerprint density at radius 3 is 2.47 bits per heavy atom. The van der Waals surface area contributed by atoms with E-state index in [1.807, 2.05) is 13.8 Å². The maximum Gasteiger partial charge on any atom is 0.239 e. The van der Waals surface area contributed by atoms with Crippen LogP contribution in [0.3, 0.4) is 0 Å². The zero-order valence-corrected chi connectivity index (χ0v) is 12.7. The van der Waals surface area contributed by atoms with Gasteiger partial charge in [-0.15, -0.1) is 0 Å². The number of nitrogens with zero attached hydrogens (tertiary/aromatic N) is 1. The van der Waals surface area contributed by atoms with Gasteiger partial charge in [-0.05, 0) is 20.8 Å². The average molecular weight is 288 g/mol. The van der Waals surface area contributed by atoms with Gasteiger partial charge in [0.1, 0.15) is 11.4 Å². The van der Waals surface area contributed by atoms with Crippen molar-refractivity contribution in [1.29, 1.82) is 0 Å². The summed E-state index contributed by atoms with van der Waals surface area (Å²) in [5, 5.41) is 6.13. The third-order valence-corrected chi connectivity index (χ3v) is 5.16. The van der Waals surface area contributed by atoms with Gasteiger partial charge >= 0.3 is 0 Å². The number of hydrogen-bond acceptors (Lipinski definition) is 5.